The fourth-order valence-corrected chi connectivity index (χ4v) is 4.21. The van der Waals surface area contributed by atoms with Crippen molar-refractivity contribution >= 4 is 11.3 Å². The van der Waals surface area contributed by atoms with Gasteiger partial charge in [0.15, 0.2) is 0 Å². The Labute approximate surface area is 110 Å². The van der Waals surface area contributed by atoms with Crippen molar-refractivity contribution in [2.45, 2.75) is 46.1 Å². The Morgan fingerprint density at radius 2 is 2.00 bits per heavy atom. The van der Waals surface area contributed by atoms with E-state index < -0.39 is 0 Å². The zero-order valence-electron chi connectivity index (χ0n) is 11.3. The molecule has 0 aromatic carbocycles. The quantitative estimate of drug-likeness (QED) is 0.832. The maximum absolute atomic E-state index is 3.70. The zero-order chi connectivity index (χ0) is 12.3. The number of nitrogens with one attached hydrogen (secondary N) is 1. The van der Waals surface area contributed by atoms with Crippen LogP contribution in [0.5, 0.6) is 0 Å². The summed E-state index contributed by atoms with van der Waals surface area (Å²) >= 11 is 1.82. The molecular formula is C15H25NS. The average Bonchev–Trinajstić information content (AvgIpc) is 2.77. The predicted octanol–water partition coefficient (Wildman–Crippen LogP) is 4.47. The Morgan fingerprint density at radius 3 is 2.53 bits per heavy atom. The third-order valence-electron chi connectivity index (χ3n) is 4.01. The molecule has 1 heterocycles. The van der Waals surface area contributed by atoms with Gasteiger partial charge in [0.25, 0.3) is 0 Å². The highest BCUT2D eigenvalue weighted by molar-refractivity contribution is 7.07. The number of hydrogen-bond donors (Lipinski definition) is 1. The van der Waals surface area contributed by atoms with Gasteiger partial charge in [0, 0.05) is 6.04 Å². The molecule has 0 amide bonds. The van der Waals surface area contributed by atoms with Crippen molar-refractivity contribution in [3.8, 4) is 0 Å². The SMILES string of the molecule is CCNC(c1ccsc1)C1CC(C)CC(C)C1. The van der Waals surface area contributed by atoms with Gasteiger partial charge in [-0.3, -0.25) is 0 Å². The fraction of sp³-hybridized carbons (Fsp3) is 0.733. The summed E-state index contributed by atoms with van der Waals surface area (Å²) in [6.45, 7) is 8.12. The van der Waals surface area contributed by atoms with E-state index in [-0.39, 0.29) is 0 Å². The van der Waals surface area contributed by atoms with Crippen molar-refractivity contribution < 1.29 is 0 Å². The molecular weight excluding hydrogens is 226 g/mol. The van der Waals surface area contributed by atoms with E-state index in [0.717, 1.165) is 24.3 Å². The molecule has 0 aliphatic heterocycles. The van der Waals surface area contributed by atoms with E-state index in [2.05, 4.69) is 42.9 Å². The summed E-state index contributed by atoms with van der Waals surface area (Å²) in [5, 5.41) is 8.22. The lowest BCUT2D eigenvalue weighted by atomic mass is 9.72. The molecule has 1 aromatic rings. The first-order valence-corrected chi connectivity index (χ1v) is 7.90. The molecule has 1 fully saturated rings. The van der Waals surface area contributed by atoms with Crippen LogP contribution in [0.4, 0.5) is 0 Å². The number of thiophene rings is 1. The van der Waals surface area contributed by atoms with Crippen LogP contribution in [-0.4, -0.2) is 6.54 Å². The van der Waals surface area contributed by atoms with Gasteiger partial charge >= 0.3 is 0 Å². The largest absolute Gasteiger partial charge is 0.310 e. The van der Waals surface area contributed by atoms with E-state index in [1.54, 1.807) is 0 Å². The van der Waals surface area contributed by atoms with E-state index in [1.165, 1.54) is 24.8 Å². The predicted molar refractivity (Wildman–Crippen MR) is 76.4 cm³/mol. The summed E-state index contributed by atoms with van der Waals surface area (Å²) in [6.07, 6.45) is 4.19. The minimum atomic E-state index is 0.580. The number of hydrogen-bond acceptors (Lipinski definition) is 2. The molecule has 1 N–H and O–H groups in total. The van der Waals surface area contributed by atoms with Crippen molar-refractivity contribution in [1.29, 1.82) is 0 Å². The molecule has 0 radical (unpaired) electrons. The second-order valence-corrected chi connectivity index (χ2v) is 6.55. The van der Waals surface area contributed by atoms with Crippen LogP contribution in [-0.2, 0) is 0 Å². The van der Waals surface area contributed by atoms with Gasteiger partial charge in [-0.2, -0.15) is 11.3 Å². The zero-order valence-corrected chi connectivity index (χ0v) is 12.1. The lowest BCUT2D eigenvalue weighted by Gasteiger charge is -2.36. The standard InChI is InChI=1S/C15H25NS/c1-4-16-15(13-5-6-17-10-13)14-8-11(2)7-12(3)9-14/h5-6,10-12,14-16H,4,7-9H2,1-3H3. The van der Waals surface area contributed by atoms with Crippen molar-refractivity contribution in [2.75, 3.05) is 6.54 Å². The Morgan fingerprint density at radius 1 is 1.29 bits per heavy atom. The molecule has 0 spiro atoms. The third-order valence-corrected chi connectivity index (χ3v) is 4.71. The molecule has 1 saturated carbocycles. The first-order chi connectivity index (χ1) is 8.20. The Kier molecular flexibility index (Phi) is 4.63. The smallest absolute Gasteiger partial charge is 0.0357 e. The summed E-state index contributed by atoms with van der Waals surface area (Å²) < 4.78 is 0. The van der Waals surface area contributed by atoms with Crippen molar-refractivity contribution in [2.24, 2.45) is 17.8 Å². The minimum Gasteiger partial charge on any atom is -0.310 e. The van der Waals surface area contributed by atoms with Gasteiger partial charge in [0.2, 0.25) is 0 Å². The first-order valence-electron chi connectivity index (χ1n) is 6.96. The minimum absolute atomic E-state index is 0.580. The van der Waals surface area contributed by atoms with Crippen LogP contribution in [0, 0.1) is 17.8 Å². The highest BCUT2D eigenvalue weighted by atomic mass is 32.1. The van der Waals surface area contributed by atoms with Crippen LogP contribution in [0.25, 0.3) is 0 Å². The van der Waals surface area contributed by atoms with Gasteiger partial charge in [-0.1, -0.05) is 20.8 Å². The number of rotatable bonds is 4. The summed E-state index contributed by atoms with van der Waals surface area (Å²) in [5.41, 5.74) is 1.50. The molecule has 0 saturated heterocycles. The van der Waals surface area contributed by atoms with Gasteiger partial charge in [-0.25, -0.2) is 0 Å². The van der Waals surface area contributed by atoms with Gasteiger partial charge in [-0.15, -0.1) is 0 Å². The van der Waals surface area contributed by atoms with E-state index >= 15 is 0 Å². The molecule has 0 bridgehead atoms. The highest BCUT2D eigenvalue weighted by Gasteiger charge is 2.30. The second kappa shape index (κ2) is 6.01. The summed E-state index contributed by atoms with van der Waals surface area (Å²) in [6, 6.07) is 2.87. The normalized spacial score (nSPS) is 31.4. The van der Waals surface area contributed by atoms with Gasteiger partial charge < -0.3 is 5.32 Å². The summed E-state index contributed by atoms with van der Waals surface area (Å²) in [7, 11) is 0. The Hall–Kier alpha value is -0.340. The molecule has 2 heteroatoms. The molecule has 2 rings (SSSR count). The van der Waals surface area contributed by atoms with Gasteiger partial charge in [-0.05, 0) is 66.0 Å². The van der Waals surface area contributed by atoms with E-state index in [0.29, 0.717) is 6.04 Å². The lowest BCUT2D eigenvalue weighted by Crippen LogP contribution is -2.33. The topological polar surface area (TPSA) is 12.0 Å². The molecule has 3 atom stereocenters. The monoisotopic (exact) mass is 251 g/mol. The first kappa shape index (κ1) is 13.1. The molecule has 1 aliphatic carbocycles. The molecule has 3 unspecified atom stereocenters. The molecule has 1 aliphatic rings. The van der Waals surface area contributed by atoms with Crippen LogP contribution < -0.4 is 5.32 Å². The van der Waals surface area contributed by atoms with Crippen LogP contribution >= 0.6 is 11.3 Å². The van der Waals surface area contributed by atoms with E-state index in [1.807, 2.05) is 11.3 Å². The Bertz CT molecular complexity index is 310. The summed E-state index contributed by atoms with van der Waals surface area (Å²) in [4.78, 5) is 0. The van der Waals surface area contributed by atoms with Crippen molar-refractivity contribution in [1.82, 2.24) is 5.32 Å². The molecule has 96 valence electrons. The average molecular weight is 251 g/mol. The van der Waals surface area contributed by atoms with Gasteiger partial charge in [0.1, 0.15) is 0 Å². The fourth-order valence-electron chi connectivity index (χ4n) is 3.51. The van der Waals surface area contributed by atoms with Crippen LogP contribution in [0.1, 0.15) is 51.6 Å². The van der Waals surface area contributed by atoms with E-state index in [9.17, 15) is 0 Å². The summed E-state index contributed by atoms with van der Waals surface area (Å²) in [5.74, 6) is 2.61. The van der Waals surface area contributed by atoms with Crippen molar-refractivity contribution in [3.05, 3.63) is 22.4 Å². The second-order valence-electron chi connectivity index (χ2n) is 5.77. The van der Waals surface area contributed by atoms with Crippen LogP contribution in [0.2, 0.25) is 0 Å². The lowest BCUT2D eigenvalue weighted by molar-refractivity contribution is 0.177. The van der Waals surface area contributed by atoms with Crippen LogP contribution in [0.3, 0.4) is 0 Å². The maximum Gasteiger partial charge on any atom is 0.0357 e. The van der Waals surface area contributed by atoms with Crippen LogP contribution in [0.15, 0.2) is 16.8 Å². The highest BCUT2D eigenvalue weighted by Crippen LogP contribution is 2.40. The van der Waals surface area contributed by atoms with Crippen molar-refractivity contribution in [3.63, 3.8) is 0 Å². The molecule has 1 aromatic heterocycles. The molecule has 17 heavy (non-hydrogen) atoms. The molecule has 1 nitrogen and oxygen atoms in total. The maximum atomic E-state index is 3.70. The van der Waals surface area contributed by atoms with Gasteiger partial charge in [0.05, 0.1) is 0 Å². The Balaban J connectivity index is 2.10. The third kappa shape index (κ3) is 3.32. The van der Waals surface area contributed by atoms with E-state index in [4.69, 9.17) is 0 Å².